The zero-order valence-corrected chi connectivity index (χ0v) is 21.2. The minimum absolute atomic E-state index is 0.210. The van der Waals surface area contributed by atoms with Gasteiger partial charge < -0.3 is 15.2 Å². The van der Waals surface area contributed by atoms with E-state index in [1.54, 1.807) is 14.0 Å². The molecule has 1 aliphatic heterocycles. The van der Waals surface area contributed by atoms with Crippen LogP contribution in [0.25, 0.3) is 11.9 Å². The maximum Gasteiger partial charge on any atom is 0.425 e. The van der Waals surface area contributed by atoms with E-state index in [2.05, 4.69) is 19.7 Å². The van der Waals surface area contributed by atoms with Crippen LogP contribution < -0.4 is 10.5 Å². The smallest absolute Gasteiger partial charge is 0.425 e. The Hall–Kier alpha value is -2.73. The fraction of sp³-hybridized carbons (Fsp3) is 0.458. The number of halogens is 5. The molecule has 0 radical (unpaired) electrons. The highest BCUT2D eigenvalue weighted by molar-refractivity contribution is 8.15. The van der Waals surface area contributed by atoms with E-state index in [-0.39, 0.29) is 17.2 Å². The molecule has 2 aromatic rings. The average molecular weight is 531 g/mol. The third-order valence-electron chi connectivity index (χ3n) is 6.33. The number of nitrogens with two attached hydrogens (primary N) is 1. The van der Waals surface area contributed by atoms with Crippen molar-refractivity contribution in [2.24, 2.45) is 16.6 Å². The summed E-state index contributed by atoms with van der Waals surface area (Å²) in [5.74, 6) is -1.95. The Morgan fingerprint density at radius 3 is 2.53 bits per heavy atom. The van der Waals surface area contributed by atoms with E-state index in [0.29, 0.717) is 17.3 Å². The molecule has 3 rings (SSSR count). The molecule has 0 bridgehead atoms. The Morgan fingerprint density at radius 2 is 1.94 bits per heavy atom. The Kier molecular flexibility index (Phi) is 7.99. The van der Waals surface area contributed by atoms with Gasteiger partial charge in [-0.25, -0.2) is 18.7 Å². The standard InChI is InChI=1S/C24H27F5N4O2S/c1-13-22(3,12-34-5)36-21(30)33-23(13,4)16-8-15(6-7-17(16)25)9-18(26)19-10-32-20(11-31-19)35-14(2)24(27,28)29/h6-11,13-14H,12H2,1-5H3,(H2,30,33)/b18-9-/t13-,14?,22-,23+/m1/s1. The van der Waals surface area contributed by atoms with Gasteiger partial charge in [0, 0.05) is 23.3 Å². The van der Waals surface area contributed by atoms with Crippen LogP contribution >= 0.6 is 11.8 Å². The lowest BCUT2D eigenvalue weighted by atomic mass is 9.73. The number of amidine groups is 1. The number of nitrogens with zero attached hydrogens (tertiary/aromatic N) is 3. The molecule has 196 valence electrons. The van der Waals surface area contributed by atoms with E-state index in [4.69, 9.17) is 10.5 Å². The number of aromatic nitrogens is 2. The molecule has 2 heterocycles. The topological polar surface area (TPSA) is 82.6 Å². The van der Waals surface area contributed by atoms with Gasteiger partial charge in [0.15, 0.2) is 17.1 Å². The molecule has 1 aliphatic rings. The number of methoxy groups -OCH3 is 1. The van der Waals surface area contributed by atoms with Gasteiger partial charge in [-0.2, -0.15) is 13.2 Å². The molecule has 0 fully saturated rings. The lowest BCUT2D eigenvalue weighted by molar-refractivity contribution is -0.190. The van der Waals surface area contributed by atoms with E-state index in [9.17, 15) is 17.6 Å². The Morgan fingerprint density at radius 1 is 1.25 bits per heavy atom. The van der Waals surface area contributed by atoms with Crippen LogP contribution in [0.3, 0.4) is 0 Å². The first-order valence-corrected chi connectivity index (χ1v) is 11.8. The number of alkyl halides is 3. The van der Waals surface area contributed by atoms with Crippen molar-refractivity contribution in [2.75, 3.05) is 13.7 Å². The van der Waals surface area contributed by atoms with Crippen LogP contribution in [-0.4, -0.2) is 45.9 Å². The molecule has 0 amide bonds. The van der Waals surface area contributed by atoms with E-state index in [0.717, 1.165) is 25.4 Å². The summed E-state index contributed by atoms with van der Waals surface area (Å²) in [6.07, 6.45) is -3.69. The van der Waals surface area contributed by atoms with Gasteiger partial charge in [-0.05, 0) is 44.5 Å². The largest absolute Gasteiger partial charge is 0.464 e. The Balaban J connectivity index is 1.91. The summed E-state index contributed by atoms with van der Waals surface area (Å²) in [6.45, 7) is 6.86. The van der Waals surface area contributed by atoms with Crippen molar-refractivity contribution in [2.45, 2.75) is 50.3 Å². The quantitative estimate of drug-likeness (QED) is 0.461. The van der Waals surface area contributed by atoms with Gasteiger partial charge in [0.2, 0.25) is 5.88 Å². The second-order valence-electron chi connectivity index (χ2n) is 8.94. The first-order valence-electron chi connectivity index (χ1n) is 11.0. The molecule has 1 aromatic heterocycles. The lowest BCUT2D eigenvalue weighted by Gasteiger charge is -2.47. The number of ether oxygens (including phenoxy) is 2. The monoisotopic (exact) mass is 530 g/mol. The summed E-state index contributed by atoms with van der Waals surface area (Å²) in [5.41, 5.74) is 5.38. The predicted molar refractivity (Wildman–Crippen MR) is 130 cm³/mol. The van der Waals surface area contributed by atoms with Crippen LogP contribution in [-0.2, 0) is 10.3 Å². The summed E-state index contributed by atoms with van der Waals surface area (Å²) >= 11 is 1.36. The molecule has 0 saturated carbocycles. The molecule has 0 spiro atoms. The van der Waals surface area contributed by atoms with E-state index < -0.39 is 40.1 Å². The van der Waals surface area contributed by atoms with Crippen molar-refractivity contribution in [3.63, 3.8) is 0 Å². The van der Waals surface area contributed by atoms with Gasteiger partial charge in [-0.3, -0.25) is 4.99 Å². The van der Waals surface area contributed by atoms with Crippen LogP contribution in [0.15, 0.2) is 35.6 Å². The first kappa shape index (κ1) is 27.9. The molecular weight excluding hydrogens is 503 g/mol. The predicted octanol–water partition coefficient (Wildman–Crippen LogP) is 5.73. The maximum absolute atomic E-state index is 15.1. The normalized spacial score (nSPS) is 25.9. The summed E-state index contributed by atoms with van der Waals surface area (Å²) in [5, 5.41) is 0.291. The van der Waals surface area contributed by atoms with Crippen LogP contribution in [0.1, 0.15) is 44.5 Å². The van der Waals surface area contributed by atoms with Crippen molar-refractivity contribution in [1.29, 1.82) is 0 Å². The number of hydrogen-bond acceptors (Lipinski definition) is 7. The van der Waals surface area contributed by atoms with Crippen LogP contribution in [0.4, 0.5) is 22.0 Å². The van der Waals surface area contributed by atoms with Gasteiger partial charge in [0.1, 0.15) is 11.5 Å². The molecule has 2 N–H and O–H groups in total. The van der Waals surface area contributed by atoms with Crippen LogP contribution in [0.2, 0.25) is 0 Å². The highest BCUT2D eigenvalue weighted by Gasteiger charge is 2.50. The number of thioether (sulfide) groups is 1. The Labute approximate surface area is 210 Å². The van der Waals surface area contributed by atoms with E-state index in [1.165, 1.54) is 30.0 Å². The van der Waals surface area contributed by atoms with Gasteiger partial charge in [-0.15, -0.1) is 0 Å². The second-order valence-corrected chi connectivity index (χ2v) is 10.5. The highest BCUT2D eigenvalue weighted by Crippen LogP contribution is 2.50. The molecular formula is C24H27F5N4O2S. The second kappa shape index (κ2) is 10.3. The molecule has 4 atom stereocenters. The van der Waals surface area contributed by atoms with Crippen molar-refractivity contribution < 1.29 is 31.4 Å². The van der Waals surface area contributed by atoms with E-state index >= 15 is 4.39 Å². The summed E-state index contributed by atoms with van der Waals surface area (Å²) in [6, 6.07) is 4.09. The zero-order valence-electron chi connectivity index (χ0n) is 20.4. The van der Waals surface area contributed by atoms with Crippen LogP contribution in [0.5, 0.6) is 5.88 Å². The van der Waals surface area contributed by atoms with Crippen molar-refractivity contribution >= 4 is 28.8 Å². The third-order valence-corrected chi connectivity index (χ3v) is 7.57. The fourth-order valence-corrected chi connectivity index (χ4v) is 5.29. The van der Waals surface area contributed by atoms with Gasteiger partial charge in [0.05, 0.1) is 24.5 Å². The van der Waals surface area contributed by atoms with Crippen molar-refractivity contribution in [3.8, 4) is 5.88 Å². The van der Waals surface area contributed by atoms with Gasteiger partial charge in [0.25, 0.3) is 0 Å². The lowest BCUT2D eigenvalue weighted by Crippen LogP contribution is -2.50. The maximum atomic E-state index is 15.1. The van der Waals surface area contributed by atoms with E-state index in [1.807, 2.05) is 13.8 Å². The number of rotatable bonds is 7. The van der Waals surface area contributed by atoms with Gasteiger partial charge >= 0.3 is 6.18 Å². The number of hydrogen-bond donors (Lipinski definition) is 1. The SMILES string of the molecule is COC[C@@]1(C)SC(N)=N[C@](C)(c2cc(/C=C(\F)c3cnc(OC(C)C(F)(F)F)cn3)ccc2F)[C@@H]1C. The summed E-state index contributed by atoms with van der Waals surface area (Å²) < 4.78 is 77.5. The fourth-order valence-electron chi connectivity index (χ4n) is 3.99. The summed E-state index contributed by atoms with van der Waals surface area (Å²) in [4.78, 5) is 12.0. The molecule has 0 aliphatic carbocycles. The highest BCUT2D eigenvalue weighted by atomic mass is 32.2. The minimum Gasteiger partial charge on any atom is -0.464 e. The Bertz CT molecular complexity index is 1160. The first-order chi connectivity index (χ1) is 16.7. The third kappa shape index (κ3) is 5.80. The zero-order chi connectivity index (χ0) is 26.9. The molecule has 1 aromatic carbocycles. The molecule has 6 nitrogen and oxygen atoms in total. The van der Waals surface area contributed by atoms with Crippen molar-refractivity contribution in [3.05, 3.63) is 53.2 Å². The minimum atomic E-state index is -4.58. The van der Waals surface area contributed by atoms with Gasteiger partial charge in [-0.1, -0.05) is 24.8 Å². The molecule has 12 heteroatoms. The van der Waals surface area contributed by atoms with Crippen LogP contribution in [0, 0.1) is 11.7 Å². The molecule has 0 saturated heterocycles. The van der Waals surface area contributed by atoms with Crippen molar-refractivity contribution in [1.82, 2.24) is 9.97 Å². The number of benzene rings is 1. The number of aliphatic imine (C=N–C) groups is 1. The summed E-state index contributed by atoms with van der Waals surface area (Å²) in [7, 11) is 1.57. The average Bonchev–Trinajstić information content (AvgIpc) is 2.78. The molecule has 1 unspecified atom stereocenters. The molecule has 36 heavy (non-hydrogen) atoms.